The normalized spacial score (nSPS) is 26.8. The van der Waals surface area contributed by atoms with Crippen molar-refractivity contribution in [1.82, 2.24) is 10.1 Å². The molecule has 0 aromatic carbocycles. The maximum absolute atomic E-state index is 11.7. The van der Waals surface area contributed by atoms with Crippen molar-refractivity contribution in [3.63, 3.8) is 0 Å². The fraction of sp³-hybridized carbons (Fsp3) is 0.769. The minimum atomic E-state index is -0.526. The number of ketones is 1. The zero-order valence-electron chi connectivity index (χ0n) is 11.1. The molecule has 1 atom stereocenters. The third-order valence-corrected chi connectivity index (χ3v) is 4.14. The molecule has 0 bridgehead atoms. The molecule has 0 radical (unpaired) electrons. The molecule has 0 spiro atoms. The lowest BCUT2D eigenvalue weighted by atomic mass is 9.93. The van der Waals surface area contributed by atoms with Crippen LogP contribution in [0.2, 0.25) is 0 Å². The highest BCUT2D eigenvalue weighted by atomic mass is 16.5. The van der Waals surface area contributed by atoms with Gasteiger partial charge >= 0.3 is 0 Å². The lowest BCUT2D eigenvalue weighted by molar-refractivity contribution is -0.119. The first-order chi connectivity index (χ1) is 9.25. The Labute approximate surface area is 111 Å². The Hall–Kier alpha value is -1.27. The van der Waals surface area contributed by atoms with Gasteiger partial charge in [0.05, 0.1) is 5.92 Å². The summed E-state index contributed by atoms with van der Waals surface area (Å²) in [4.78, 5) is 16.2. The van der Waals surface area contributed by atoms with Crippen LogP contribution < -0.4 is 0 Å². The molecule has 6 heteroatoms. The van der Waals surface area contributed by atoms with E-state index >= 15 is 0 Å². The summed E-state index contributed by atoms with van der Waals surface area (Å²) in [5, 5.41) is 4.04. The van der Waals surface area contributed by atoms with Crippen LogP contribution in [-0.4, -0.2) is 36.2 Å². The number of rotatable bonds is 3. The Bertz CT molecular complexity index is 465. The Balaban J connectivity index is 1.85. The number of aromatic nitrogens is 2. The molecule has 104 valence electrons. The average molecular weight is 266 g/mol. The van der Waals surface area contributed by atoms with Gasteiger partial charge in [-0.05, 0) is 12.8 Å². The van der Waals surface area contributed by atoms with Gasteiger partial charge in [0, 0.05) is 39.6 Å². The molecule has 2 aliphatic rings. The van der Waals surface area contributed by atoms with Gasteiger partial charge in [-0.2, -0.15) is 4.98 Å². The molecular weight excluding hydrogens is 248 g/mol. The Morgan fingerprint density at radius 1 is 1.37 bits per heavy atom. The molecule has 1 aliphatic carbocycles. The molecule has 2 heterocycles. The lowest BCUT2D eigenvalue weighted by Gasteiger charge is -2.32. The monoisotopic (exact) mass is 266 g/mol. The maximum Gasteiger partial charge on any atom is 0.237 e. The second kappa shape index (κ2) is 5.02. The number of ether oxygens (including phenoxy) is 2. The summed E-state index contributed by atoms with van der Waals surface area (Å²) in [6.45, 7) is 1.25. The summed E-state index contributed by atoms with van der Waals surface area (Å²) < 4.78 is 16.3. The van der Waals surface area contributed by atoms with Crippen LogP contribution in [-0.2, 0) is 19.9 Å². The van der Waals surface area contributed by atoms with E-state index in [-0.39, 0.29) is 11.7 Å². The SMILES string of the molecule is COC1(c2noc(C3CCCC3=O)n2)CCOCC1. The van der Waals surface area contributed by atoms with Crippen LogP contribution in [0, 0.1) is 0 Å². The first kappa shape index (κ1) is 12.7. The number of carbonyl (C=O) groups is 1. The predicted molar refractivity (Wildman–Crippen MR) is 64.6 cm³/mol. The van der Waals surface area contributed by atoms with Crippen LogP contribution in [0.15, 0.2) is 4.52 Å². The molecular formula is C13H18N2O4. The van der Waals surface area contributed by atoms with Crippen molar-refractivity contribution in [2.24, 2.45) is 0 Å². The molecule has 2 fully saturated rings. The summed E-state index contributed by atoms with van der Waals surface area (Å²) in [5.74, 6) is 0.983. The number of Topliss-reactive ketones (excluding diaryl/α,β-unsaturated/α-hetero) is 1. The molecule has 0 amide bonds. The largest absolute Gasteiger partial charge is 0.381 e. The van der Waals surface area contributed by atoms with E-state index in [1.165, 1.54) is 0 Å². The summed E-state index contributed by atoms with van der Waals surface area (Å²) >= 11 is 0. The van der Waals surface area contributed by atoms with Crippen LogP contribution in [0.4, 0.5) is 0 Å². The van der Waals surface area contributed by atoms with Crippen molar-refractivity contribution in [3.8, 4) is 0 Å². The highest BCUT2D eigenvalue weighted by molar-refractivity contribution is 5.86. The summed E-state index contributed by atoms with van der Waals surface area (Å²) in [7, 11) is 1.65. The number of carbonyl (C=O) groups excluding carboxylic acids is 1. The zero-order chi connectivity index (χ0) is 13.3. The first-order valence-electron chi connectivity index (χ1n) is 6.75. The zero-order valence-corrected chi connectivity index (χ0v) is 11.1. The van der Waals surface area contributed by atoms with E-state index in [4.69, 9.17) is 14.0 Å². The number of hydrogen-bond donors (Lipinski definition) is 0. The van der Waals surface area contributed by atoms with Gasteiger partial charge in [-0.1, -0.05) is 5.16 Å². The molecule has 3 rings (SSSR count). The van der Waals surface area contributed by atoms with Gasteiger partial charge in [0.15, 0.2) is 0 Å². The van der Waals surface area contributed by atoms with Crippen LogP contribution in [0.3, 0.4) is 0 Å². The molecule has 6 nitrogen and oxygen atoms in total. The molecule has 1 aromatic rings. The van der Waals surface area contributed by atoms with E-state index in [0.717, 1.165) is 12.8 Å². The van der Waals surface area contributed by atoms with Crippen LogP contribution >= 0.6 is 0 Å². The molecule has 1 aliphatic heterocycles. The van der Waals surface area contributed by atoms with Gasteiger partial charge in [-0.15, -0.1) is 0 Å². The van der Waals surface area contributed by atoms with Crippen molar-refractivity contribution in [1.29, 1.82) is 0 Å². The molecule has 1 unspecified atom stereocenters. The highest BCUT2D eigenvalue weighted by Gasteiger charge is 2.40. The van der Waals surface area contributed by atoms with E-state index < -0.39 is 5.60 Å². The molecule has 0 N–H and O–H groups in total. The minimum Gasteiger partial charge on any atom is -0.381 e. The summed E-state index contributed by atoms with van der Waals surface area (Å²) in [5.41, 5.74) is -0.526. The molecule has 1 saturated heterocycles. The maximum atomic E-state index is 11.7. The Morgan fingerprint density at radius 2 is 2.16 bits per heavy atom. The standard InChI is InChI=1S/C13H18N2O4/c1-17-13(5-7-18-8-6-13)12-14-11(19-15-12)9-3-2-4-10(9)16/h9H,2-8H2,1H3. The fourth-order valence-corrected chi connectivity index (χ4v) is 2.86. The quantitative estimate of drug-likeness (QED) is 0.826. The van der Waals surface area contributed by atoms with Gasteiger partial charge in [-0.25, -0.2) is 0 Å². The van der Waals surface area contributed by atoms with E-state index in [0.29, 0.717) is 44.2 Å². The molecule has 19 heavy (non-hydrogen) atoms. The summed E-state index contributed by atoms with van der Waals surface area (Å²) in [6, 6.07) is 0. The lowest BCUT2D eigenvalue weighted by Crippen LogP contribution is -2.36. The topological polar surface area (TPSA) is 74.5 Å². The van der Waals surface area contributed by atoms with E-state index in [9.17, 15) is 4.79 Å². The van der Waals surface area contributed by atoms with Gasteiger partial charge in [0.1, 0.15) is 11.4 Å². The second-order valence-corrected chi connectivity index (χ2v) is 5.18. The number of hydrogen-bond acceptors (Lipinski definition) is 6. The minimum absolute atomic E-state index is 0.202. The smallest absolute Gasteiger partial charge is 0.237 e. The third kappa shape index (κ3) is 2.19. The Kier molecular flexibility index (Phi) is 3.36. The molecule has 1 aromatic heterocycles. The average Bonchev–Trinajstić information content (AvgIpc) is 3.08. The van der Waals surface area contributed by atoms with Crippen LogP contribution in [0.5, 0.6) is 0 Å². The fourth-order valence-electron chi connectivity index (χ4n) is 2.86. The van der Waals surface area contributed by atoms with Gasteiger partial charge in [0.25, 0.3) is 0 Å². The van der Waals surface area contributed by atoms with Gasteiger partial charge < -0.3 is 14.0 Å². The number of nitrogens with zero attached hydrogens (tertiary/aromatic N) is 2. The van der Waals surface area contributed by atoms with Crippen molar-refractivity contribution < 1.29 is 18.8 Å². The second-order valence-electron chi connectivity index (χ2n) is 5.18. The van der Waals surface area contributed by atoms with Crippen LogP contribution in [0.25, 0.3) is 0 Å². The van der Waals surface area contributed by atoms with E-state index in [1.54, 1.807) is 7.11 Å². The van der Waals surface area contributed by atoms with Gasteiger partial charge in [0.2, 0.25) is 11.7 Å². The van der Waals surface area contributed by atoms with E-state index in [2.05, 4.69) is 10.1 Å². The predicted octanol–water partition coefficient (Wildman–Crippen LogP) is 1.56. The highest BCUT2D eigenvalue weighted by Crippen LogP contribution is 2.36. The summed E-state index contributed by atoms with van der Waals surface area (Å²) in [6.07, 6.45) is 3.75. The van der Waals surface area contributed by atoms with Gasteiger partial charge in [-0.3, -0.25) is 4.79 Å². The van der Waals surface area contributed by atoms with Crippen molar-refractivity contribution >= 4 is 5.78 Å². The molecule has 1 saturated carbocycles. The van der Waals surface area contributed by atoms with Crippen molar-refractivity contribution in [2.45, 2.75) is 43.6 Å². The van der Waals surface area contributed by atoms with Crippen LogP contribution in [0.1, 0.15) is 49.7 Å². The van der Waals surface area contributed by atoms with Crippen molar-refractivity contribution in [2.75, 3.05) is 20.3 Å². The third-order valence-electron chi connectivity index (χ3n) is 4.14. The van der Waals surface area contributed by atoms with E-state index in [1.807, 2.05) is 0 Å². The Morgan fingerprint density at radius 3 is 2.79 bits per heavy atom. The number of methoxy groups -OCH3 is 1. The van der Waals surface area contributed by atoms with Crippen molar-refractivity contribution in [3.05, 3.63) is 11.7 Å². The first-order valence-corrected chi connectivity index (χ1v) is 6.75.